The number of carbonyl (C=O) groups excluding carboxylic acids is 1. The second-order valence-corrected chi connectivity index (χ2v) is 8.97. The van der Waals surface area contributed by atoms with Crippen molar-refractivity contribution in [3.8, 4) is 0 Å². The van der Waals surface area contributed by atoms with Crippen molar-refractivity contribution in [2.75, 3.05) is 56.7 Å². The number of anilines is 2. The van der Waals surface area contributed by atoms with Crippen molar-refractivity contribution >= 4 is 28.3 Å². The van der Waals surface area contributed by atoms with Gasteiger partial charge >= 0.3 is 0 Å². The fourth-order valence-electron chi connectivity index (χ4n) is 4.36. The molecule has 0 atom stereocenters. The Kier molecular flexibility index (Phi) is 6.82. The van der Waals surface area contributed by atoms with Crippen LogP contribution >= 0.6 is 0 Å². The van der Waals surface area contributed by atoms with Gasteiger partial charge in [0.05, 0.1) is 17.8 Å². The molecular formula is C25H31N7O2. The fourth-order valence-corrected chi connectivity index (χ4v) is 4.36. The zero-order valence-corrected chi connectivity index (χ0v) is 19.5. The van der Waals surface area contributed by atoms with Crippen LogP contribution in [0.2, 0.25) is 0 Å². The van der Waals surface area contributed by atoms with E-state index in [1.807, 2.05) is 24.4 Å². The number of pyridine rings is 3. The normalized spacial score (nSPS) is 17.6. The number of carbonyl (C=O) groups is 1. The highest BCUT2D eigenvalue weighted by Gasteiger charge is 2.16. The van der Waals surface area contributed by atoms with E-state index >= 15 is 0 Å². The molecule has 3 aromatic heterocycles. The first-order valence-electron chi connectivity index (χ1n) is 11.9. The Balaban J connectivity index is 1.23. The van der Waals surface area contributed by atoms with Gasteiger partial charge in [-0.15, -0.1) is 0 Å². The maximum Gasteiger partial charge on any atom is 0.270 e. The molecule has 1 amide bonds. The number of nitrogens with zero attached hydrogens (tertiary/aromatic N) is 5. The van der Waals surface area contributed by atoms with Gasteiger partial charge in [0.15, 0.2) is 0 Å². The average molecular weight is 462 g/mol. The van der Waals surface area contributed by atoms with E-state index < -0.39 is 0 Å². The first kappa shape index (κ1) is 22.5. The third-order valence-electron chi connectivity index (χ3n) is 6.48. The van der Waals surface area contributed by atoms with Gasteiger partial charge < -0.3 is 25.2 Å². The van der Waals surface area contributed by atoms with Crippen LogP contribution in [0.25, 0.3) is 10.9 Å². The third kappa shape index (κ3) is 5.43. The minimum Gasteiger partial charge on any atom is -0.381 e. The second-order valence-electron chi connectivity index (χ2n) is 8.97. The number of ether oxygens (including phenoxy) is 1. The van der Waals surface area contributed by atoms with Gasteiger partial charge in [-0.05, 0) is 44.2 Å². The molecule has 0 bridgehead atoms. The molecule has 0 unspecified atom stereocenters. The Morgan fingerprint density at radius 1 is 1.09 bits per heavy atom. The fraction of sp³-hybridized carbons (Fsp3) is 0.440. The number of amides is 1. The number of hydrogen-bond donors (Lipinski definition) is 2. The van der Waals surface area contributed by atoms with E-state index in [-0.39, 0.29) is 5.91 Å². The zero-order valence-electron chi connectivity index (χ0n) is 19.5. The molecule has 5 rings (SSSR count). The van der Waals surface area contributed by atoms with E-state index in [1.54, 1.807) is 12.3 Å². The van der Waals surface area contributed by atoms with E-state index in [1.165, 1.54) is 0 Å². The van der Waals surface area contributed by atoms with Gasteiger partial charge in [-0.1, -0.05) is 0 Å². The Bertz CT molecular complexity index is 1140. The molecule has 0 spiro atoms. The Morgan fingerprint density at radius 2 is 1.91 bits per heavy atom. The van der Waals surface area contributed by atoms with Gasteiger partial charge in [-0.2, -0.15) is 0 Å². The highest BCUT2D eigenvalue weighted by atomic mass is 16.5. The summed E-state index contributed by atoms with van der Waals surface area (Å²) in [4.78, 5) is 31.0. The molecule has 0 saturated carbocycles. The molecule has 2 aliphatic rings. The van der Waals surface area contributed by atoms with Crippen LogP contribution in [0.3, 0.4) is 0 Å². The Hall–Kier alpha value is -3.30. The lowest BCUT2D eigenvalue weighted by atomic mass is 10.1. The summed E-state index contributed by atoms with van der Waals surface area (Å²) in [7, 11) is 2.14. The third-order valence-corrected chi connectivity index (χ3v) is 6.48. The molecule has 5 heterocycles. The minimum atomic E-state index is -0.218. The number of rotatable bonds is 6. The summed E-state index contributed by atoms with van der Waals surface area (Å²) in [6, 6.07) is 9.95. The lowest BCUT2D eigenvalue weighted by Crippen LogP contribution is -2.44. The molecule has 9 nitrogen and oxygen atoms in total. The Morgan fingerprint density at radius 3 is 2.74 bits per heavy atom. The second kappa shape index (κ2) is 10.3. The molecular weight excluding hydrogens is 430 g/mol. The first-order chi connectivity index (χ1) is 16.6. The predicted molar refractivity (Wildman–Crippen MR) is 132 cm³/mol. The monoisotopic (exact) mass is 461 g/mol. The maximum absolute atomic E-state index is 12.8. The van der Waals surface area contributed by atoms with Gasteiger partial charge in [0, 0.05) is 75.0 Å². The molecule has 0 aromatic carbocycles. The number of fused-ring (bicyclic) bond motifs is 1. The van der Waals surface area contributed by atoms with E-state index in [4.69, 9.17) is 4.74 Å². The van der Waals surface area contributed by atoms with Crippen molar-refractivity contribution in [2.24, 2.45) is 0 Å². The van der Waals surface area contributed by atoms with Crippen LogP contribution in [0.5, 0.6) is 0 Å². The van der Waals surface area contributed by atoms with Gasteiger partial charge in [0.2, 0.25) is 0 Å². The van der Waals surface area contributed by atoms with Crippen molar-refractivity contribution in [1.82, 2.24) is 25.2 Å². The maximum atomic E-state index is 12.8. The van der Waals surface area contributed by atoms with Crippen LogP contribution in [0.1, 0.15) is 29.0 Å². The summed E-state index contributed by atoms with van der Waals surface area (Å²) < 4.78 is 5.42. The molecule has 2 fully saturated rings. The van der Waals surface area contributed by atoms with Crippen molar-refractivity contribution in [2.45, 2.75) is 25.4 Å². The Labute approximate surface area is 199 Å². The number of nitrogens with one attached hydrogen (secondary N) is 2. The molecule has 0 radical (unpaired) electrons. The van der Waals surface area contributed by atoms with E-state index in [9.17, 15) is 4.79 Å². The van der Waals surface area contributed by atoms with E-state index in [0.29, 0.717) is 18.3 Å². The van der Waals surface area contributed by atoms with Gasteiger partial charge in [0.1, 0.15) is 11.5 Å². The van der Waals surface area contributed by atoms with Crippen molar-refractivity contribution < 1.29 is 9.53 Å². The summed E-state index contributed by atoms with van der Waals surface area (Å²) in [5.74, 6) is 0.554. The number of piperazine rings is 1. The lowest BCUT2D eigenvalue weighted by molar-refractivity contribution is 0.0903. The van der Waals surface area contributed by atoms with Crippen LogP contribution in [-0.2, 0) is 11.3 Å². The largest absolute Gasteiger partial charge is 0.381 e. The summed E-state index contributed by atoms with van der Waals surface area (Å²) in [6.07, 6.45) is 5.52. The van der Waals surface area contributed by atoms with Crippen LogP contribution in [0.4, 0.5) is 11.5 Å². The van der Waals surface area contributed by atoms with Crippen molar-refractivity contribution in [1.29, 1.82) is 0 Å². The zero-order chi connectivity index (χ0) is 23.3. The van der Waals surface area contributed by atoms with Crippen molar-refractivity contribution in [3.05, 3.63) is 54.1 Å². The average Bonchev–Trinajstić information content (AvgIpc) is 2.88. The highest BCUT2D eigenvalue weighted by Crippen LogP contribution is 2.19. The smallest absolute Gasteiger partial charge is 0.270 e. The molecule has 34 heavy (non-hydrogen) atoms. The summed E-state index contributed by atoms with van der Waals surface area (Å²) in [5.41, 5.74) is 3.10. The number of hydrogen-bond acceptors (Lipinski definition) is 8. The lowest BCUT2D eigenvalue weighted by Gasteiger charge is -2.34. The van der Waals surface area contributed by atoms with Crippen LogP contribution < -0.4 is 15.5 Å². The van der Waals surface area contributed by atoms with E-state index in [0.717, 1.165) is 80.3 Å². The SMILES string of the molecule is CN1CCN(c2ccnc(CNC(=O)c3ccc4cnc(NC5CCOCC5)cc4n3)c2)CC1. The number of aromatic nitrogens is 3. The molecule has 178 valence electrons. The van der Waals surface area contributed by atoms with E-state index in [2.05, 4.69) is 48.5 Å². The molecule has 2 N–H and O–H groups in total. The molecule has 2 saturated heterocycles. The molecule has 0 aliphatic carbocycles. The van der Waals surface area contributed by atoms with Crippen LogP contribution in [0.15, 0.2) is 42.7 Å². The summed E-state index contributed by atoms with van der Waals surface area (Å²) in [6.45, 7) is 5.96. The van der Waals surface area contributed by atoms with Crippen LogP contribution in [0, 0.1) is 0 Å². The quantitative estimate of drug-likeness (QED) is 0.577. The summed E-state index contributed by atoms with van der Waals surface area (Å²) >= 11 is 0. The van der Waals surface area contributed by atoms with Gasteiger partial charge in [-0.25, -0.2) is 9.97 Å². The van der Waals surface area contributed by atoms with Crippen LogP contribution in [-0.4, -0.2) is 78.2 Å². The van der Waals surface area contributed by atoms with Gasteiger partial charge in [-0.3, -0.25) is 9.78 Å². The van der Waals surface area contributed by atoms with Crippen molar-refractivity contribution in [3.63, 3.8) is 0 Å². The standard InChI is InChI=1S/C25H31N7O2/c1-31-8-10-32(11-9-31)21-4-7-26-20(14-21)17-28-25(33)22-3-2-18-16-27-24(15-23(18)30-22)29-19-5-12-34-13-6-19/h2-4,7,14-16,19H,5-6,8-13,17H2,1H3,(H,27,29)(H,28,33). The topological polar surface area (TPSA) is 95.5 Å². The molecule has 3 aromatic rings. The predicted octanol–water partition coefficient (Wildman–Crippen LogP) is 2.30. The van der Waals surface area contributed by atoms with Gasteiger partial charge in [0.25, 0.3) is 5.91 Å². The molecule has 9 heteroatoms. The molecule has 2 aliphatic heterocycles. The highest BCUT2D eigenvalue weighted by molar-refractivity contribution is 5.95. The minimum absolute atomic E-state index is 0.218. The summed E-state index contributed by atoms with van der Waals surface area (Å²) in [5, 5.41) is 7.32. The first-order valence-corrected chi connectivity index (χ1v) is 11.9. The number of likely N-dealkylation sites (N-methyl/N-ethyl adjacent to an activating group) is 1.